The molecule has 1 aromatic rings. The molecule has 1 aromatic carbocycles. The number of benzene rings is 1. The van der Waals surface area contributed by atoms with Gasteiger partial charge in [0.15, 0.2) is 5.78 Å². The zero-order chi connectivity index (χ0) is 21.5. The Kier molecular flexibility index (Phi) is 8.88. The number of carbonyl (C=O) groups is 1. The summed E-state index contributed by atoms with van der Waals surface area (Å²) in [6.07, 6.45) is 8.53. The summed E-state index contributed by atoms with van der Waals surface area (Å²) < 4.78 is 0. The van der Waals surface area contributed by atoms with Gasteiger partial charge in [-0.1, -0.05) is 63.8 Å². The van der Waals surface area contributed by atoms with Gasteiger partial charge in [-0.3, -0.25) is 4.79 Å². The predicted octanol–water partition coefficient (Wildman–Crippen LogP) is 7.57. The number of hydrogen-bond acceptors (Lipinski definition) is 1. The van der Waals surface area contributed by atoms with Crippen LogP contribution in [0.1, 0.15) is 66.0 Å². The van der Waals surface area contributed by atoms with Crippen molar-refractivity contribution in [3.63, 3.8) is 0 Å². The summed E-state index contributed by atoms with van der Waals surface area (Å²) in [5, 5.41) is 0. The largest absolute Gasteiger partial charge is 0.295 e. The summed E-state index contributed by atoms with van der Waals surface area (Å²) in [4.78, 5) is 11.5. The second-order valence-corrected chi connectivity index (χ2v) is 8.80. The van der Waals surface area contributed by atoms with Crippen molar-refractivity contribution in [2.45, 2.75) is 68.2 Å². The lowest BCUT2D eigenvalue weighted by Crippen LogP contribution is -2.19. The van der Waals surface area contributed by atoms with Gasteiger partial charge in [-0.2, -0.15) is 0 Å². The van der Waals surface area contributed by atoms with Crippen molar-refractivity contribution in [3.05, 3.63) is 82.5 Å². The lowest BCUT2D eigenvalue weighted by atomic mass is 9.74. The van der Waals surface area contributed by atoms with Crippen molar-refractivity contribution < 1.29 is 4.79 Å². The average Bonchev–Trinajstić information content (AvgIpc) is 2.60. The normalized spacial score (nSPS) is 14.8. The van der Waals surface area contributed by atoms with Crippen LogP contribution in [-0.4, -0.2) is 5.78 Å². The lowest BCUT2D eigenvalue weighted by molar-refractivity contribution is -0.113. The molecule has 1 rings (SSSR count). The van der Waals surface area contributed by atoms with Gasteiger partial charge in [0.2, 0.25) is 0 Å². The maximum absolute atomic E-state index is 11.5. The lowest BCUT2D eigenvalue weighted by Gasteiger charge is -2.30. The first-order valence-electron chi connectivity index (χ1n) is 10.3. The molecule has 1 atom stereocenters. The van der Waals surface area contributed by atoms with Gasteiger partial charge in [0.05, 0.1) is 0 Å². The third kappa shape index (κ3) is 7.11. The van der Waals surface area contributed by atoms with Crippen molar-refractivity contribution in [1.82, 2.24) is 0 Å². The molecule has 0 aliphatic carbocycles. The molecule has 152 valence electrons. The van der Waals surface area contributed by atoms with Crippen molar-refractivity contribution >= 4 is 5.78 Å². The highest BCUT2D eigenvalue weighted by atomic mass is 16.1. The minimum atomic E-state index is 0.0672. The number of rotatable bonds is 9. The highest BCUT2D eigenvalue weighted by molar-refractivity contribution is 5.93. The number of ketones is 1. The van der Waals surface area contributed by atoms with Gasteiger partial charge in [-0.15, -0.1) is 0 Å². The first-order chi connectivity index (χ1) is 13.0. The minimum Gasteiger partial charge on any atom is -0.295 e. The Labute approximate surface area is 172 Å². The highest BCUT2D eigenvalue weighted by Crippen LogP contribution is 2.36. The quantitative estimate of drug-likeness (QED) is 0.320. The van der Waals surface area contributed by atoms with E-state index in [1.807, 2.05) is 13.0 Å². The fourth-order valence-corrected chi connectivity index (χ4v) is 3.75. The van der Waals surface area contributed by atoms with E-state index in [4.69, 9.17) is 0 Å². The van der Waals surface area contributed by atoms with Gasteiger partial charge in [-0.05, 0) is 98.3 Å². The van der Waals surface area contributed by atoms with Gasteiger partial charge < -0.3 is 0 Å². The van der Waals surface area contributed by atoms with E-state index < -0.39 is 0 Å². The molecule has 0 fully saturated rings. The number of hydrogen-bond donors (Lipinski definition) is 0. The van der Waals surface area contributed by atoms with Gasteiger partial charge in [0.1, 0.15) is 0 Å². The van der Waals surface area contributed by atoms with E-state index in [1.165, 1.54) is 16.7 Å². The Hall–Kier alpha value is -2.15. The average molecular weight is 379 g/mol. The van der Waals surface area contributed by atoms with E-state index in [0.717, 1.165) is 29.6 Å². The molecule has 0 aliphatic heterocycles. The Balaban J connectivity index is 2.94. The molecule has 1 nitrogen and oxygen atoms in total. The maximum atomic E-state index is 11.5. The van der Waals surface area contributed by atoms with Crippen LogP contribution in [0.4, 0.5) is 0 Å². The molecule has 0 amide bonds. The van der Waals surface area contributed by atoms with E-state index in [-0.39, 0.29) is 11.2 Å². The number of aryl methyl sites for hydroxylation is 1. The van der Waals surface area contributed by atoms with Crippen LogP contribution < -0.4 is 0 Å². The Morgan fingerprint density at radius 3 is 2.25 bits per heavy atom. The van der Waals surface area contributed by atoms with Gasteiger partial charge >= 0.3 is 0 Å². The van der Waals surface area contributed by atoms with E-state index in [1.54, 1.807) is 6.92 Å². The van der Waals surface area contributed by atoms with E-state index >= 15 is 0 Å². The maximum Gasteiger partial charge on any atom is 0.155 e. The molecule has 0 aromatic heterocycles. The summed E-state index contributed by atoms with van der Waals surface area (Å²) in [5.74, 6) is 0.674. The highest BCUT2D eigenvalue weighted by Gasteiger charge is 2.24. The first-order valence-corrected chi connectivity index (χ1v) is 10.3. The van der Waals surface area contributed by atoms with Crippen molar-refractivity contribution in [3.8, 4) is 0 Å². The first kappa shape index (κ1) is 23.9. The number of allylic oxidation sites excluding steroid dienone is 7. The molecule has 0 aliphatic rings. The molecule has 1 unspecified atom stereocenters. The van der Waals surface area contributed by atoms with Crippen LogP contribution in [0, 0.1) is 18.3 Å². The molecule has 1 heteroatoms. The summed E-state index contributed by atoms with van der Waals surface area (Å²) in [7, 11) is 0. The monoisotopic (exact) mass is 378 g/mol. The van der Waals surface area contributed by atoms with E-state index in [2.05, 4.69) is 84.5 Å². The van der Waals surface area contributed by atoms with Crippen LogP contribution in [0.3, 0.4) is 0 Å². The zero-order valence-electron chi connectivity index (χ0n) is 19.1. The van der Waals surface area contributed by atoms with Crippen molar-refractivity contribution in [2.24, 2.45) is 11.3 Å². The van der Waals surface area contributed by atoms with Crippen molar-refractivity contribution in [2.75, 3.05) is 0 Å². The molecule has 0 saturated heterocycles. The predicted molar refractivity (Wildman–Crippen MR) is 124 cm³/mol. The molecule has 0 bridgehead atoms. The zero-order valence-corrected chi connectivity index (χ0v) is 19.1. The molecule has 0 heterocycles. The van der Waals surface area contributed by atoms with Crippen LogP contribution in [0.2, 0.25) is 0 Å². The molecular weight excluding hydrogens is 340 g/mol. The van der Waals surface area contributed by atoms with Gasteiger partial charge in [-0.25, -0.2) is 0 Å². The molecule has 28 heavy (non-hydrogen) atoms. The Morgan fingerprint density at radius 2 is 1.71 bits per heavy atom. The SMILES string of the molecule is C=C(/C=C(/C)C(C)=O)/C(C)=C\C(=C/C)C(C)(C)CC(C)Cc1ccccc1C. The molecule has 0 radical (unpaired) electrons. The summed E-state index contributed by atoms with van der Waals surface area (Å²) in [6.45, 7) is 20.9. The Morgan fingerprint density at radius 1 is 1.11 bits per heavy atom. The molecule has 0 saturated carbocycles. The van der Waals surface area contributed by atoms with Crippen molar-refractivity contribution in [1.29, 1.82) is 0 Å². The number of carbonyl (C=O) groups excluding carboxylic acids is 1. The third-order valence-electron chi connectivity index (χ3n) is 5.61. The smallest absolute Gasteiger partial charge is 0.155 e. The standard InChI is InChI=1S/C27H38O/c1-10-26(17-22(5)21(4)16-23(6)24(7)28)27(8,9)18-19(2)15-25-14-12-11-13-20(25)3/h10-14,16-17,19H,4,15,18H2,1-3,5-9H3/b22-17-,23-16-,26-10+. The second-order valence-electron chi connectivity index (χ2n) is 8.80. The fourth-order valence-electron chi connectivity index (χ4n) is 3.75. The van der Waals surface area contributed by atoms with Crippen LogP contribution >= 0.6 is 0 Å². The minimum absolute atomic E-state index is 0.0672. The summed E-state index contributed by atoms with van der Waals surface area (Å²) in [6, 6.07) is 8.67. The van der Waals surface area contributed by atoms with E-state index in [9.17, 15) is 4.79 Å². The third-order valence-corrected chi connectivity index (χ3v) is 5.61. The molecule has 0 spiro atoms. The molecular formula is C27H38O. The van der Waals surface area contributed by atoms with Crippen LogP contribution in [0.5, 0.6) is 0 Å². The van der Waals surface area contributed by atoms with Gasteiger partial charge in [0.25, 0.3) is 0 Å². The number of Topliss-reactive ketones (excluding diaryl/α,β-unsaturated/α-hetero) is 1. The summed E-state index contributed by atoms with van der Waals surface area (Å²) in [5.41, 5.74) is 6.94. The second kappa shape index (κ2) is 10.4. The van der Waals surface area contributed by atoms with Gasteiger partial charge in [0, 0.05) is 0 Å². The topological polar surface area (TPSA) is 17.1 Å². The van der Waals surface area contributed by atoms with Crippen LogP contribution in [0.25, 0.3) is 0 Å². The fraction of sp³-hybridized carbons (Fsp3) is 0.444. The summed E-state index contributed by atoms with van der Waals surface area (Å²) >= 11 is 0. The Bertz CT molecular complexity index is 799. The van der Waals surface area contributed by atoms with Crippen LogP contribution in [0.15, 0.2) is 71.4 Å². The van der Waals surface area contributed by atoms with Crippen LogP contribution in [-0.2, 0) is 11.2 Å². The van der Waals surface area contributed by atoms with E-state index in [0.29, 0.717) is 5.92 Å². The molecule has 0 N–H and O–H groups in total.